The van der Waals surface area contributed by atoms with Crippen molar-refractivity contribution in [2.75, 3.05) is 17.5 Å². The molecule has 0 saturated heterocycles. The first-order valence-electron chi connectivity index (χ1n) is 13.0. The molecule has 212 valence electrons. The van der Waals surface area contributed by atoms with E-state index in [9.17, 15) is 22.0 Å². The van der Waals surface area contributed by atoms with Crippen LogP contribution in [-0.2, 0) is 10.0 Å². The zero-order valence-corrected chi connectivity index (χ0v) is 23.3. The van der Waals surface area contributed by atoms with Gasteiger partial charge in [0.25, 0.3) is 5.91 Å². The summed E-state index contributed by atoms with van der Waals surface area (Å²) >= 11 is 0. The van der Waals surface area contributed by atoms with Crippen molar-refractivity contribution in [1.82, 2.24) is 15.1 Å². The van der Waals surface area contributed by atoms with Crippen LogP contribution in [0.3, 0.4) is 0 Å². The van der Waals surface area contributed by atoms with Crippen LogP contribution in [0.1, 0.15) is 17.3 Å². The lowest BCUT2D eigenvalue weighted by Gasteiger charge is -2.13. The molecule has 0 bridgehead atoms. The number of sulfonamides is 1. The van der Waals surface area contributed by atoms with E-state index < -0.39 is 21.7 Å². The van der Waals surface area contributed by atoms with Crippen molar-refractivity contribution >= 4 is 43.5 Å². The van der Waals surface area contributed by atoms with Crippen molar-refractivity contribution < 1.29 is 26.4 Å². The van der Waals surface area contributed by atoms with E-state index in [4.69, 9.17) is 4.42 Å². The quantitative estimate of drug-likeness (QED) is 0.222. The van der Waals surface area contributed by atoms with Gasteiger partial charge in [-0.3, -0.25) is 9.52 Å². The maximum absolute atomic E-state index is 13.7. The van der Waals surface area contributed by atoms with Crippen LogP contribution < -0.4 is 10.0 Å². The average Bonchev–Trinajstić information content (AvgIpc) is 3.58. The van der Waals surface area contributed by atoms with Gasteiger partial charge in [-0.05, 0) is 73.2 Å². The van der Waals surface area contributed by atoms with Gasteiger partial charge in [-0.15, -0.1) is 0 Å². The van der Waals surface area contributed by atoms with E-state index >= 15 is 0 Å². The van der Waals surface area contributed by atoms with Gasteiger partial charge in [0.15, 0.2) is 0 Å². The van der Waals surface area contributed by atoms with Gasteiger partial charge in [0.05, 0.1) is 34.4 Å². The van der Waals surface area contributed by atoms with Crippen molar-refractivity contribution in [3.05, 3.63) is 102 Å². The lowest BCUT2D eigenvalue weighted by molar-refractivity contribution is 0.0964. The van der Waals surface area contributed by atoms with Crippen LogP contribution in [0.2, 0.25) is 0 Å². The van der Waals surface area contributed by atoms with Crippen molar-refractivity contribution in [2.24, 2.45) is 0 Å². The highest BCUT2D eigenvalue weighted by Crippen LogP contribution is 2.41. The van der Waals surface area contributed by atoms with E-state index in [-0.39, 0.29) is 34.2 Å². The molecular formula is C31H24F2N4O4S. The third-order valence-electron chi connectivity index (χ3n) is 6.99. The number of benzene rings is 4. The summed E-state index contributed by atoms with van der Waals surface area (Å²) in [6, 6.07) is 20.2. The Bertz CT molecular complexity index is 2080. The Balaban J connectivity index is 1.61. The monoisotopic (exact) mass is 586 g/mol. The first-order chi connectivity index (χ1) is 20.2. The Morgan fingerprint density at radius 3 is 2.26 bits per heavy atom. The normalized spacial score (nSPS) is 11.7. The molecule has 0 aliphatic rings. The molecule has 6 rings (SSSR count). The summed E-state index contributed by atoms with van der Waals surface area (Å²) in [5.74, 6) is -1.18. The van der Waals surface area contributed by atoms with E-state index in [1.807, 2.05) is 18.2 Å². The van der Waals surface area contributed by atoms with E-state index in [2.05, 4.69) is 15.1 Å². The van der Waals surface area contributed by atoms with Crippen LogP contribution in [0, 0.1) is 11.6 Å². The number of amides is 1. The smallest absolute Gasteiger partial charge is 0.255 e. The highest BCUT2D eigenvalue weighted by Gasteiger charge is 2.24. The Labute approximate surface area is 239 Å². The van der Waals surface area contributed by atoms with Gasteiger partial charge in [0.1, 0.15) is 23.0 Å². The zero-order valence-electron chi connectivity index (χ0n) is 22.5. The van der Waals surface area contributed by atoms with Crippen LogP contribution in [0.4, 0.5) is 14.5 Å². The van der Waals surface area contributed by atoms with E-state index in [0.29, 0.717) is 33.3 Å². The molecule has 2 N–H and O–H groups in total. The van der Waals surface area contributed by atoms with Crippen LogP contribution in [0.15, 0.2) is 89.5 Å². The molecule has 0 aliphatic carbocycles. The topological polar surface area (TPSA) is 106 Å². The summed E-state index contributed by atoms with van der Waals surface area (Å²) in [7, 11) is -2.21. The van der Waals surface area contributed by atoms with Gasteiger partial charge < -0.3 is 9.73 Å². The molecule has 0 spiro atoms. The minimum absolute atomic E-state index is 0.163. The fourth-order valence-corrected chi connectivity index (χ4v) is 5.48. The van der Waals surface area contributed by atoms with Crippen molar-refractivity contribution in [1.29, 1.82) is 0 Å². The zero-order chi connectivity index (χ0) is 29.6. The number of anilines is 1. The largest absolute Gasteiger partial charge is 0.455 e. The second-order valence-electron chi connectivity index (χ2n) is 9.60. The minimum atomic E-state index is -3.71. The highest BCUT2D eigenvalue weighted by molar-refractivity contribution is 7.92. The van der Waals surface area contributed by atoms with Gasteiger partial charge in [-0.1, -0.05) is 12.1 Å². The van der Waals surface area contributed by atoms with Gasteiger partial charge in [-0.2, -0.15) is 5.10 Å². The molecule has 4 aromatic carbocycles. The Hall–Kier alpha value is -5.03. The van der Waals surface area contributed by atoms with Crippen molar-refractivity contribution in [3.63, 3.8) is 0 Å². The van der Waals surface area contributed by atoms with Crippen molar-refractivity contribution in [3.8, 4) is 28.1 Å². The molecule has 1 amide bonds. The van der Waals surface area contributed by atoms with Crippen molar-refractivity contribution in [2.45, 2.75) is 6.92 Å². The second-order valence-corrected chi connectivity index (χ2v) is 11.6. The molecule has 0 radical (unpaired) electrons. The first-order valence-corrected chi connectivity index (χ1v) is 14.7. The number of rotatable bonds is 7. The van der Waals surface area contributed by atoms with Gasteiger partial charge in [0, 0.05) is 35.0 Å². The summed E-state index contributed by atoms with van der Waals surface area (Å²) in [5, 5.41) is 8.34. The predicted octanol–water partition coefficient (Wildman–Crippen LogP) is 6.51. The number of nitrogens with zero attached hydrogens (tertiary/aromatic N) is 2. The molecule has 0 unspecified atom stereocenters. The Kier molecular flexibility index (Phi) is 6.74. The summed E-state index contributed by atoms with van der Waals surface area (Å²) in [6.07, 6.45) is 1.68. The molecule has 6 aromatic rings. The molecule has 42 heavy (non-hydrogen) atoms. The third kappa shape index (κ3) is 4.88. The summed E-state index contributed by atoms with van der Waals surface area (Å²) < 4.78 is 63.1. The van der Waals surface area contributed by atoms with E-state index in [1.165, 1.54) is 50.4 Å². The molecule has 2 heterocycles. The SMILES string of the molecule is CCS(=O)(=O)Nc1cc2oc(-c3ccc(F)cc3)c(C(=O)NC)c2cc1-c1ccc2cnn(-c3ccc(F)cc3)c2c1. The standard InChI is InChI=1S/C31H24F2N4O4S/c1-3-42(39,40)36-26-16-28-25(29(31(38)34-2)30(41-28)18-6-8-21(32)9-7-18)15-24(26)19-4-5-20-17-35-37(27(20)14-19)23-12-10-22(33)11-13-23/h4-17,36H,3H2,1-2H3,(H,34,38). The lowest BCUT2D eigenvalue weighted by Crippen LogP contribution is -2.18. The minimum Gasteiger partial charge on any atom is -0.455 e. The average molecular weight is 587 g/mol. The second kappa shape index (κ2) is 10.4. The maximum Gasteiger partial charge on any atom is 0.255 e. The molecule has 0 saturated carbocycles. The number of fused-ring (bicyclic) bond motifs is 2. The number of halogens is 2. The fourth-order valence-electron chi connectivity index (χ4n) is 4.83. The number of hydrogen-bond acceptors (Lipinski definition) is 5. The molecule has 2 aromatic heterocycles. The van der Waals surface area contributed by atoms with E-state index in [0.717, 1.165) is 5.39 Å². The predicted molar refractivity (Wildman–Crippen MR) is 158 cm³/mol. The van der Waals surface area contributed by atoms with Gasteiger partial charge in [0.2, 0.25) is 10.0 Å². The number of aromatic nitrogens is 2. The van der Waals surface area contributed by atoms with Gasteiger partial charge >= 0.3 is 0 Å². The summed E-state index contributed by atoms with van der Waals surface area (Å²) in [5.41, 5.74) is 3.69. The third-order valence-corrected chi connectivity index (χ3v) is 8.28. The number of nitrogens with one attached hydrogen (secondary N) is 2. The maximum atomic E-state index is 13.7. The molecule has 11 heteroatoms. The summed E-state index contributed by atoms with van der Waals surface area (Å²) in [6.45, 7) is 1.52. The Morgan fingerprint density at radius 2 is 1.60 bits per heavy atom. The number of carbonyl (C=O) groups excluding carboxylic acids is 1. The van der Waals surface area contributed by atoms with Crippen LogP contribution >= 0.6 is 0 Å². The number of hydrogen-bond donors (Lipinski definition) is 2. The Morgan fingerprint density at radius 1 is 0.929 bits per heavy atom. The molecule has 0 aliphatic heterocycles. The lowest BCUT2D eigenvalue weighted by atomic mass is 9.98. The van der Waals surface area contributed by atoms with Crippen LogP contribution in [0.5, 0.6) is 0 Å². The van der Waals surface area contributed by atoms with Crippen LogP contribution in [0.25, 0.3) is 50.0 Å². The first kappa shape index (κ1) is 27.2. The number of furan rings is 1. The summed E-state index contributed by atoms with van der Waals surface area (Å²) in [4.78, 5) is 13.1. The van der Waals surface area contributed by atoms with Crippen LogP contribution in [-0.4, -0.2) is 36.9 Å². The number of carbonyl (C=O) groups is 1. The van der Waals surface area contributed by atoms with Gasteiger partial charge in [-0.25, -0.2) is 21.9 Å². The molecule has 8 nitrogen and oxygen atoms in total. The molecule has 0 fully saturated rings. The fraction of sp³-hybridized carbons (Fsp3) is 0.0968. The molecular weight excluding hydrogens is 562 g/mol. The molecule has 0 atom stereocenters. The van der Waals surface area contributed by atoms with E-state index in [1.54, 1.807) is 35.1 Å². The highest BCUT2D eigenvalue weighted by atomic mass is 32.2.